The number of rotatable bonds is 4. The summed E-state index contributed by atoms with van der Waals surface area (Å²) < 4.78 is 37.1. The maximum Gasteiger partial charge on any atom is 0.390 e. The summed E-state index contributed by atoms with van der Waals surface area (Å²) in [4.78, 5) is 1.68. The Morgan fingerprint density at radius 1 is 1.19 bits per heavy atom. The van der Waals surface area contributed by atoms with Crippen LogP contribution < -0.4 is 0 Å². The van der Waals surface area contributed by atoms with Crippen molar-refractivity contribution in [1.82, 2.24) is 4.90 Å². The third-order valence-corrected chi connectivity index (χ3v) is 2.86. The Labute approximate surface area is 107 Å². The van der Waals surface area contributed by atoms with Crippen molar-refractivity contribution in [3.63, 3.8) is 0 Å². The molecular formula is C11H13F3IN. The van der Waals surface area contributed by atoms with E-state index in [1.54, 1.807) is 11.9 Å². The largest absolute Gasteiger partial charge is 0.390 e. The van der Waals surface area contributed by atoms with Crippen LogP contribution in [0.5, 0.6) is 0 Å². The number of halogens is 4. The molecule has 1 aromatic carbocycles. The van der Waals surface area contributed by atoms with Gasteiger partial charge in [-0.25, -0.2) is 0 Å². The number of benzene rings is 1. The van der Waals surface area contributed by atoms with E-state index in [9.17, 15) is 13.2 Å². The Balaban J connectivity index is 2.39. The fourth-order valence-corrected chi connectivity index (χ4v) is 1.66. The van der Waals surface area contributed by atoms with Gasteiger partial charge < -0.3 is 4.90 Å². The second kappa shape index (κ2) is 5.86. The standard InChI is InChI=1S/C11H13F3IN/c1-16(7-6-11(12,13)14)8-9-2-4-10(15)5-3-9/h2-5H,6-8H2,1H3. The normalized spacial score (nSPS) is 12.1. The molecule has 0 aliphatic rings. The van der Waals surface area contributed by atoms with Gasteiger partial charge in [0.15, 0.2) is 0 Å². The van der Waals surface area contributed by atoms with Crippen molar-refractivity contribution < 1.29 is 13.2 Å². The molecule has 0 N–H and O–H groups in total. The number of hydrogen-bond donors (Lipinski definition) is 0. The summed E-state index contributed by atoms with van der Waals surface area (Å²) in [5.41, 5.74) is 1.03. The minimum atomic E-state index is -4.07. The topological polar surface area (TPSA) is 3.24 Å². The molecule has 0 aromatic heterocycles. The van der Waals surface area contributed by atoms with Gasteiger partial charge in [0, 0.05) is 16.7 Å². The monoisotopic (exact) mass is 343 g/mol. The van der Waals surface area contributed by atoms with Gasteiger partial charge in [-0.15, -0.1) is 0 Å². The van der Waals surface area contributed by atoms with E-state index in [0.717, 1.165) is 9.13 Å². The molecule has 90 valence electrons. The van der Waals surface area contributed by atoms with Crippen LogP contribution in [0.2, 0.25) is 0 Å². The molecule has 0 radical (unpaired) electrons. The Morgan fingerprint density at radius 3 is 2.25 bits per heavy atom. The molecule has 1 nitrogen and oxygen atoms in total. The summed E-state index contributed by atoms with van der Waals surface area (Å²) in [7, 11) is 1.70. The van der Waals surface area contributed by atoms with E-state index in [2.05, 4.69) is 22.6 Å². The molecule has 1 rings (SSSR count). The Morgan fingerprint density at radius 2 is 1.75 bits per heavy atom. The van der Waals surface area contributed by atoms with Crippen LogP contribution in [-0.4, -0.2) is 24.7 Å². The Bertz CT molecular complexity index is 321. The molecule has 0 amide bonds. The summed E-state index contributed by atoms with van der Waals surface area (Å²) in [6.07, 6.45) is -4.83. The van der Waals surface area contributed by atoms with Crippen molar-refractivity contribution in [2.75, 3.05) is 13.6 Å². The third kappa shape index (κ3) is 5.69. The first kappa shape index (κ1) is 13.8. The second-order valence-electron chi connectivity index (χ2n) is 3.73. The predicted octanol–water partition coefficient (Wildman–Crippen LogP) is 3.68. The van der Waals surface area contributed by atoms with Crippen LogP contribution in [0.3, 0.4) is 0 Å². The molecule has 0 spiro atoms. The second-order valence-corrected chi connectivity index (χ2v) is 4.98. The van der Waals surface area contributed by atoms with Crippen LogP contribution in [0, 0.1) is 3.57 Å². The van der Waals surface area contributed by atoms with Gasteiger partial charge in [0.25, 0.3) is 0 Å². The molecular weight excluding hydrogens is 330 g/mol. The minimum Gasteiger partial charge on any atom is -0.302 e. The number of alkyl halides is 3. The summed E-state index contributed by atoms with van der Waals surface area (Å²) in [5.74, 6) is 0. The average molecular weight is 343 g/mol. The van der Waals surface area contributed by atoms with E-state index in [-0.39, 0.29) is 6.54 Å². The summed E-state index contributed by atoms with van der Waals surface area (Å²) >= 11 is 2.19. The number of hydrogen-bond acceptors (Lipinski definition) is 1. The molecule has 0 fully saturated rings. The lowest BCUT2D eigenvalue weighted by atomic mass is 10.2. The highest BCUT2D eigenvalue weighted by molar-refractivity contribution is 14.1. The zero-order valence-corrected chi connectivity index (χ0v) is 11.0. The smallest absolute Gasteiger partial charge is 0.302 e. The SMILES string of the molecule is CN(CCC(F)(F)F)Cc1ccc(I)cc1. The van der Waals surface area contributed by atoms with Gasteiger partial charge in [0.05, 0.1) is 6.42 Å². The lowest BCUT2D eigenvalue weighted by molar-refractivity contribution is -0.137. The van der Waals surface area contributed by atoms with Gasteiger partial charge in [-0.05, 0) is 47.3 Å². The van der Waals surface area contributed by atoms with Crippen LogP contribution in [-0.2, 0) is 6.54 Å². The fraction of sp³-hybridized carbons (Fsp3) is 0.455. The number of nitrogens with zero attached hydrogens (tertiary/aromatic N) is 1. The molecule has 0 aliphatic carbocycles. The highest BCUT2D eigenvalue weighted by Crippen LogP contribution is 2.20. The van der Waals surface area contributed by atoms with Crippen LogP contribution in [0.1, 0.15) is 12.0 Å². The average Bonchev–Trinajstić information content (AvgIpc) is 2.18. The maximum absolute atomic E-state index is 12.0. The highest BCUT2D eigenvalue weighted by atomic mass is 127. The quantitative estimate of drug-likeness (QED) is 0.754. The van der Waals surface area contributed by atoms with Crippen LogP contribution >= 0.6 is 22.6 Å². The molecule has 5 heteroatoms. The molecule has 0 saturated heterocycles. The van der Waals surface area contributed by atoms with Crippen molar-refractivity contribution in [2.24, 2.45) is 0 Å². The first-order chi connectivity index (χ1) is 7.37. The molecule has 0 atom stereocenters. The van der Waals surface area contributed by atoms with E-state index in [1.165, 1.54) is 0 Å². The fourth-order valence-electron chi connectivity index (χ4n) is 1.30. The van der Waals surface area contributed by atoms with E-state index in [0.29, 0.717) is 6.54 Å². The maximum atomic E-state index is 12.0. The van der Waals surface area contributed by atoms with E-state index >= 15 is 0 Å². The molecule has 1 aromatic rings. The van der Waals surface area contributed by atoms with Crippen molar-refractivity contribution in [2.45, 2.75) is 19.1 Å². The molecule has 0 bridgehead atoms. The summed E-state index contributed by atoms with van der Waals surface area (Å²) in [6.45, 7) is 0.586. The van der Waals surface area contributed by atoms with Gasteiger partial charge in [-0.2, -0.15) is 13.2 Å². The van der Waals surface area contributed by atoms with Crippen molar-refractivity contribution in [1.29, 1.82) is 0 Å². The minimum absolute atomic E-state index is 0.0372. The Hall–Kier alpha value is -0.300. The van der Waals surface area contributed by atoms with Gasteiger partial charge >= 0.3 is 6.18 Å². The molecule has 16 heavy (non-hydrogen) atoms. The van der Waals surface area contributed by atoms with Crippen molar-refractivity contribution >= 4 is 22.6 Å². The molecule has 0 heterocycles. The van der Waals surface area contributed by atoms with Crippen molar-refractivity contribution in [3.8, 4) is 0 Å². The highest BCUT2D eigenvalue weighted by Gasteiger charge is 2.26. The molecule has 0 unspecified atom stereocenters. The van der Waals surface area contributed by atoms with Crippen LogP contribution in [0.25, 0.3) is 0 Å². The third-order valence-electron chi connectivity index (χ3n) is 2.14. The lowest BCUT2D eigenvalue weighted by Gasteiger charge is -2.17. The lowest BCUT2D eigenvalue weighted by Crippen LogP contribution is -2.24. The van der Waals surface area contributed by atoms with E-state index in [1.807, 2.05) is 24.3 Å². The van der Waals surface area contributed by atoms with Gasteiger partial charge in [-0.3, -0.25) is 0 Å². The van der Waals surface area contributed by atoms with Crippen molar-refractivity contribution in [3.05, 3.63) is 33.4 Å². The van der Waals surface area contributed by atoms with E-state index in [4.69, 9.17) is 0 Å². The van der Waals surface area contributed by atoms with Crippen LogP contribution in [0.15, 0.2) is 24.3 Å². The molecule has 0 saturated carbocycles. The first-order valence-corrected chi connectivity index (χ1v) is 5.94. The first-order valence-electron chi connectivity index (χ1n) is 4.86. The predicted molar refractivity (Wildman–Crippen MR) is 66.2 cm³/mol. The van der Waals surface area contributed by atoms with Gasteiger partial charge in [-0.1, -0.05) is 12.1 Å². The van der Waals surface area contributed by atoms with Gasteiger partial charge in [0.1, 0.15) is 0 Å². The Kier molecular flexibility index (Phi) is 5.04. The van der Waals surface area contributed by atoms with Crippen LogP contribution in [0.4, 0.5) is 13.2 Å². The zero-order chi connectivity index (χ0) is 12.2. The van der Waals surface area contributed by atoms with E-state index < -0.39 is 12.6 Å². The summed E-state index contributed by atoms with van der Waals surface area (Å²) in [6, 6.07) is 7.78. The zero-order valence-electron chi connectivity index (χ0n) is 8.89. The van der Waals surface area contributed by atoms with Gasteiger partial charge in [0.2, 0.25) is 0 Å². The summed E-state index contributed by atoms with van der Waals surface area (Å²) in [5, 5.41) is 0. The molecule has 0 aliphatic heterocycles.